The highest BCUT2D eigenvalue weighted by atomic mass is 32.2. The van der Waals surface area contributed by atoms with E-state index < -0.39 is 10.0 Å². The van der Waals surface area contributed by atoms with Gasteiger partial charge in [0.1, 0.15) is 16.9 Å². The Kier molecular flexibility index (Phi) is 4.47. The van der Waals surface area contributed by atoms with Crippen LogP contribution >= 0.6 is 11.3 Å². The molecule has 10 heteroatoms. The predicted octanol–water partition coefficient (Wildman–Crippen LogP) is -0.307. The van der Waals surface area contributed by atoms with E-state index >= 15 is 0 Å². The van der Waals surface area contributed by atoms with Crippen molar-refractivity contribution >= 4 is 27.3 Å². The number of hydrogen-bond acceptors (Lipinski definition) is 6. The van der Waals surface area contributed by atoms with Crippen LogP contribution in [0, 0.1) is 0 Å². The number of aryl methyl sites for hydroxylation is 1. The topological polar surface area (TPSA) is 120 Å². The van der Waals surface area contributed by atoms with E-state index in [-0.39, 0.29) is 23.1 Å². The van der Waals surface area contributed by atoms with Gasteiger partial charge in [-0.3, -0.25) is 9.48 Å². The minimum Gasteiger partial charge on any atom is -0.351 e. The highest BCUT2D eigenvalue weighted by Gasteiger charge is 2.11. The summed E-state index contributed by atoms with van der Waals surface area (Å²) in [6, 6.07) is 3.05. The van der Waals surface area contributed by atoms with Gasteiger partial charge in [0.05, 0.1) is 13.1 Å². The molecule has 20 heavy (non-hydrogen) atoms. The van der Waals surface area contributed by atoms with E-state index in [2.05, 4.69) is 15.4 Å². The number of carbonyl (C=O) groups is 1. The third kappa shape index (κ3) is 4.11. The van der Waals surface area contributed by atoms with Crippen LogP contribution < -0.4 is 10.5 Å². The Bertz CT molecular complexity index is 678. The molecule has 0 saturated carbocycles. The lowest BCUT2D eigenvalue weighted by molar-refractivity contribution is -0.121. The molecule has 108 valence electrons. The van der Waals surface area contributed by atoms with Crippen LogP contribution in [0.25, 0.3) is 0 Å². The van der Waals surface area contributed by atoms with Crippen molar-refractivity contribution in [2.75, 3.05) is 0 Å². The van der Waals surface area contributed by atoms with Crippen molar-refractivity contribution in [2.24, 2.45) is 5.14 Å². The Morgan fingerprint density at radius 3 is 2.85 bits per heavy atom. The second-order valence-corrected chi connectivity index (χ2v) is 6.91. The Hall–Kier alpha value is -1.78. The van der Waals surface area contributed by atoms with Gasteiger partial charge in [-0.2, -0.15) is 5.10 Å². The Labute approximate surface area is 119 Å². The van der Waals surface area contributed by atoms with Gasteiger partial charge in [0.2, 0.25) is 15.9 Å². The maximum Gasteiger partial charge on any atom is 0.247 e. The predicted molar refractivity (Wildman–Crippen MR) is 72.2 cm³/mol. The number of sulfonamides is 1. The van der Waals surface area contributed by atoms with Gasteiger partial charge in [0.15, 0.2) is 0 Å². The molecule has 0 spiro atoms. The lowest BCUT2D eigenvalue weighted by atomic mass is 10.4. The number of hydrogen-bond donors (Lipinski definition) is 2. The van der Waals surface area contributed by atoms with Crippen LogP contribution in [-0.4, -0.2) is 29.1 Å². The Morgan fingerprint density at radius 2 is 2.25 bits per heavy atom. The van der Waals surface area contributed by atoms with Crippen LogP contribution in [-0.2, 0) is 27.9 Å². The number of primary sulfonamides is 1. The van der Waals surface area contributed by atoms with Gasteiger partial charge in [-0.1, -0.05) is 0 Å². The monoisotopic (exact) mass is 315 g/mol. The molecule has 0 fully saturated rings. The summed E-state index contributed by atoms with van der Waals surface area (Å²) in [5.74, 6) is -0.147. The highest BCUT2D eigenvalue weighted by Crippen LogP contribution is 2.19. The van der Waals surface area contributed by atoms with Crippen molar-refractivity contribution in [1.29, 1.82) is 0 Å². The Morgan fingerprint density at radius 1 is 1.45 bits per heavy atom. The maximum atomic E-state index is 11.6. The normalized spacial score (nSPS) is 11.4. The number of rotatable bonds is 6. The minimum absolute atomic E-state index is 0.0874. The van der Waals surface area contributed by atoms with Crippen molar-refractivity contribution in [1.82, 2.24) is 20.1 Å². The summed E-state index contributed by atoms with van der Waals surface area (Å²) < 4.78 is 23.9. The number of nitrogens with zero attached hydrogens (tertiary/aromatic N) is 3. The standard InChI is InChI=1S/C10H13N5O3S2/c11-20(17,18)10-2-1-8(19-10)5-13-9(16)3-4-15-7-12-6-14-15/h1-2,6-7H,3-5H2,(H,13,16)(H2,11,17,18). The number of carbonyl (C=O) groups excluding carboxylic acids is 1. The van der Waals surface area contributed by atoms with Gasteiger partial charge < -0.3 is 5.32 Å². The molecule has 2 rings (SSSR count). The largest absolute Gasteiger partial charge is 0.351 e. The number of aromatic nitrogens is 3. The van der Waals surface area contributed by atoms with Crippen molar-refractivity contribution in [2.45, 2.75) is 23.7 Å². The number of nitrogens with two attached hydrogens (primary N) is 1. The molecule has 0 unspecified atom stereocenters. The zero-order valence-electron chi connectivity index (χ0n) is 10.4. The van der Waals surface area contributed by atoms with Gasteiger partial charge >= 0.3 is 0 Å². The SMILES string of the molecule is NS(=O)(=O)c1ccc(CNC(=O)CCn2cncn2)s1. The fraction of sp³-hybridized carbons (Fsp3) is 0.300. The summed E-state index contributed by atoms with van der Waals surface area (Å²) in [7, 11) is -3.67. The second-order valence-electron chi connectivity index (χ2n) is 3.95. The molecule has 2 heterocycles. The van der Waals surface area contributed by atoms with Gasteiger partial charge in [-0.25, -0.2) is 18.5 Å². The quantitative estimate of drug-likeness (QED) is 0.758. The van der Waals surface area contributed by atoms with Crippen LogP contribution in [0.1, 0.15) is 11.3 Å². The van der Waals surface area contributed by atoms with E-state index in [1.165, 1.54) is 18.7 Å². The molecule has 2 aromatic heterocycles. The third-order valence-corrected chi connectivity index (χ3v) is 4.94. The van der Waals surface area contributed by atoms with E-state index in [1.54, 1.807) is 10.7 Å². The molecule has 0 aliphatic heterocycles. The van der Waals surface area contributed by atoms with Crippen molar-refractivity contribution < 1.29 is 13.2 Å². The molecule has 0 aromatic carbocycles. The fourth-order valence-corrected chi connectivity index (χ4v) is 3.16. The molecule has 0 saturated heterocycles. The zero-order chi connectivity index (χ0) is 14.6. The number of thiophene rings is 1. The second kappa shape index (κ2) is 6.11. The van der Waals surface area contributed by atoms with E-state index in [0.29, 0.717) is 6.54 Å². The van der Waals surface area contributed by atoms with Crippen LogP contribution in [0.15, 0.2) is 29.0 Å². The first-order valence-electron chi connectivity index (χ1n) is 5.66. The van der Waals surface area contributed by atoms with E-state index in [1.807, 2.05) is 0 Å². The first-order valence-corrected chi connectivity index (χ1v) is 8.02. The molecule has 2 aromatic rings. The molecule has 8 nitrogen and oxygen atoms in total. The summed E-state index contributed by atoms with van der Waals surface area (Å²) in [5, 5.41) is 11.6. The van der Waals surface area contributed by atoms with E-state index in [9.17, 15) is 13.2 Å². The first-order chi connectivity index (χ1) is 9.45. The van der Waals surface area contributed by atoms with E-state index in [0.717, 1.165) is 16.2 Å². The number of amides is 1. The maximum absolute atomic E-state index is 11.6. The summed E-state index contributed by atoms with van der Waals surface area (Å²) in [5.41, 5.74) is 0. The number of nitrogens with one attached hydrogen (secondary N) is 1. The first kappa shape index (κ1) is 14.6. The van der Waals surface area contributed by atoms with Gasteiger partial charge in [0.25, 0.3) is 0 Å². The smallest absolute Gasteiger partial charge is 0.247 e. The third-order valence-electron chi connectivity index (χ3n) is 2.41. The molecular formula is C10H13N5O3S2. The molecular weight excluding hydrogens is 302 g/mol. The molecule has 0 bridgehead atoms. The molecule has 0 radical (unpaired) electrons. The summed E-state index contributed by atoms with van der Waals surface area (Å²) in [4.78, 5) is 16.1. The van der Waals surface area contributed by atoms with Crippen LogP contribution in [0.4, 0.5) is 0 Å². The molecule has 1 amide bonds. The van der Waals surface area contributed by atoms with Gasteiger partial charge in [-0.15, -0.1) is 11.3 Å². The van der Waals surface area contributed by atoms with E-state index in [4.69, 9.17) is 5.14 Å². The highest BCUT2D eigenvalue weighted by molar-refractivity contribution is 7.91. The zero-order valence-corrected chi connectivity index (χ0v) is 12.0. The average molecular weight is 315 g/mol. The van der Waals surface area contributed by atoms with Crippen LogP contribution in [0.2, 0.25) is 0 Å². The lowest BCUT2D eigenvalue weighted by Crippen LogP contribution is -2.23. The summed E-state index contributed by atoms with van der Waals surface area (Å²) in [6.45, 7) is 0.717. The molecule has 0 atom stereocenters. The van der Waals surface area contributed by atoms with Crippen molar-refractivity contribution in [3.05, 3.63) is 29.7 Å². The van der Waals surface area contributed by atoms with Gasteiger partial charge in [0, 0.05) is 11.3 Å². The summed E-state index contributed by atoms with van der Waals surface area (Å²) >= 11 is 1.04. The lowest BCUT2D eigenvalue weighted by Gasteiger charge is -2.03. The van der Waals surface area contributed by atoms with Gasteiger partial charge in [-0.05, 0) is 12.1 Å². The molecule has 0 aliphatic rings. The Balaban J connectivity index is 1.80. The van der Waals surface area contributed by atoms with Crippen molar-refractivity contribution in [3.8, 4) is 0 Å². The average Bonchev–Trinajstić information content (AvgIpc) is 3.04. The van der Waals surface area contributed by atoms with Crippen molar-refractivity contribution in [3.63, 3.8) is 0 Å². The molecule has 0 aliphatic carbocycles. The fourth-order valence-electron chi connectivity index (χ4n) is 1.44. The minimum atomic E-state index is -3.67. The van der Waals surface area contributed by atoms with Crippen LogP contribution in [0.3, 0.4) is 0 Å². The van der Waals surface area contributed by atoms with Crippen LogP contribution in [0.5, 0.6) is 0 Å². The summed E-state index contributed by atoms with van der Waals surface area (Å²) in [6.07, 6.45) is 3.21. The molecule has 3 N–H and O–H groups in total.